The van der Waals surface area contributed by atoms with Crippen LogP contribution in [-0.4, -0.2) is 69.4 Å². The number of aryl methyl sites for hydroxylation is 1. The van der Waals surface area contributed by atoms with Crippen molar-refractivity contribution in [2.45, 2.75) is 6.92 Å². The molecule has 3 rings (SSSR count). The summed E-state index contributed by atoms with van der Waals surface area (Å²) in [5.74, 6) is 1.81. The molecule has 0 saturated carbocycles. The fourth-order valence-electron chi connectivity index (χ4n) is 2.98. The van der Waals surface area contributed by atoms with Crippen molar-refractivity contribution in [1.82, 2.24) is 9.88 Å². The van der Waals surface area contributed by atoms with Gasteiger partial charge in [0.1, 0.15) is 17.7 Å². The highest BCUT2D eigenvalue weighted by atomic mass is 16.5. The number of morpholine rings is 1. The van der Waals surface area contributed by atoms with Gasteiger partial charge in [-0.3, -0.25) is 0 Å². The lowest BCUT2D eigenvalue weighted by molar-refractivity contribution is 0.122. The molecule has 0 atom stereocenters. The van der Waals surface area contributed by atoms with Crippen LogP contribution in [0.15, 0.2) is 6.07 Å². The van der Waals surface area contributed by atoms with Gasteiger partial charge >= 0.3 is 0 Å². The zero-order valence-electron chi connectivity index (χ0n) is 13.4. The molecule has 2 aliphatic rings. The molecule has 0 radical (unpaired) electrons. The number of likely N-dealkylation sites (N-methyl/N-ethyl adjacent to an activating group) is 1. The van der Waals surface area contributed by atoms with E-state index in [9.17, 15) is 5.26 Å². The van der Waals surface area contributed by atoms with E-state index in [2.05, 4.69) is 27.8 Å². The Hall–Kier alpha value is -1.84. The van der Waals surface area contributed by atoms with Crippen LogP contribution in [0.4, 0.5) is 11.6 Å². The van der Waals surface area contributed by atoms with Crippen LogP contribution in [0.25, 0.3) is 0 Å². The van der Waals surface area contributed by atoms with Crippen LogP contribution in [0.5, 0.6) is 0 Å². The van der Waals surface area contributed by atoms with Crippen LogP contribution in [0.1, 0.15) is 11.1 Å². The summed E-state index contributed by atoms with van der Waals surface area (Å²) < 4.78 is 5.42. The van der Waals surface area contributed by atoms with Crippen LogP contribution in [0.2, 0.25) is 0 Å². The fourth-order valence-corrected chi connectivity index (χ4v) is 2.98. The van der Waals surface area contributed by atoms with Crippen molar-refractivity contribution in [1.29, 1.82) is 5.26 Å². The first-order valence-corrected chi connectivity index (χ1v) is 7.87. The van der Waals surface area contributed by atoms with Gasteiger partial charge in [-0.25, -0.2) is 4.98 Å². The van der Waals surface area contributed by atoms with Crippen molar-refractivity contribution in [3.8, 4) is 6.07 Å². The predicted octanol–water partition coefficient (Wildman–Crippen LogP) is 0.850. The molecule has 22 heavy (non-hydrogen) atoms. The van der Waals surface area contributed by atoms with Crippen molar-refractivity contribution < 1.29 is 4.74 Å². The number of anilines is 2. The van der Waals surface area contributed by atoms with E-state index < -0.39 is 0 Å². The van der Waals surface area contributed by atoms with Crippen LogP contribution < -0.4 is 9.80 Å². The van der Waals surface area contributed by atoms with E-state index in [-0.39, 0.29) is 0 Å². The third-order valence-corrected chi connectivity index (χ3v) is 4.43. The first kappa shape index (κ1) is 15.1. The molecule has 2 saturated heterocycles. The van der Waals surface area contributed by atoms with Gasteiger partial charge in [-0.2, -0.15) is 5.26 Å². The Bertz CT molecular complexity index is 569. The van der Waals surface area contributed by atoms with Crippen molar-refractivity contribution in [3.63, 3.8) is 0 Å². The Morgan fingerprint density at radius 3 is 2.41 bits per heavy atom. The SMILES string of the molecule is Cc1cc(N2CCOCC2)nc(N2CCN(C)CC2)c1C#N. The molecular weight excluding hydrogens is 278 g/mol. The number of aromatic nitrogens is 1. The van der Waals surface area contributed by atoms with E-state index in [0.29, 0.717) is 5.56 Å². The van der Waals surface area contributed by atoms with Gasteiger partial charge in [-0.05, 0) is 25.6 Å². The van der Waals surface area contributed by atoms with Gasteiger partial charge in [0.25, 0.3) is 0 Å². The highest BCUT2D eigenvalue weighted by Gasteiger charge is 2.22. The number of nitriles is 1. The van der Waals surface area contributed by atoms with Gasteiger partial charge < -0.3 is 19.4 Å². The topological polar surface area (TPSA) is 55.6 Å². The minimum absolute atomic E-state index is 0.710. The molecule has 0 aliphatic carbocycles. The smallest absolute Gasteiger partial charge is 0.149 e. The highest BCUT2D eigenvalue weighted by Crippen LogP contribution is 2.27. The van der Waals surface area contributed by atoms with E-state index >= 15 is 0 Å². The first-order valence-electron chi connectivity index (χ1n) is 7.87. The number of hydrogen-bond donors (Lipinski definition) is 0. The predicted molar refractivity (Wildman–Crippen MR) is 86.4 cm³/mol. The van der Waals surface area contributed by atoms with Gasteiger partial charge in [-0.15, -0.1) is 0 Å². The Labute approximate surface area is 131 Å². The average molecular weight is 301 g/mol. The lowest BCUT2D eigenvalue weighted by Crippen LogP contribution is -2.45. The number of pyridine rings is 1. The van der Waals surface area contributed by atoms with Crippen LogP contribution in [0.3, 0.4) is 0 Å². The summed E-state index contributed by atoms with van der Waals surface area (Å²) in [6, 6.07) is 4.37. The Morgan fingerprint density at radius 2 is 1.77 bits per heavy atom. The van der Waals surface area contributed by atoms with E-state index in [0.717, 1.165) is 69.7 Å². The molecule has 0 aromatic carbocycles. The van der Waals surface area contributed by atoms with Crippen molar-refractivity contribution in [2.24, 2.45) is 0 Å². The summed E-state index contributed by atoms with van der Waals surface area (Å²) in [5, 5.41) is 9.52. The van der Waals surface area contributed by atoms with Gasteiger partial charge in [0.05, 0.1) is 18.8 Å². The second-order valence-electron chi connectivity index (χ2n) is 6.00. The quantitative estimate of drug-likeness (QED) is 0.807. The van der Waals surface area contributed by atoms with Crippen molar-refractivity contribution in [3.05, 3.63) is 17.2 Å². The van der Waals surface area contributed by atoms with Crippen LogP contribution >= 0.6 is 0 Å². The van der Waals surface area contributed by atoms with E-state index in [1.807, 2.05) is 13.0 Å². The zero-order valence-corrected chi connectivity index (χ0v) is 13.4. The Kier molecular flexibility index (Phi) is 4.46. The molecule has 0 unspecified atom stereocenters. The third kappa shape index (κ3) is 3.01. The zero-order chi connectivity index (χ0) is 15.5. The largest absolute Gasteiger partial charge is 0.378 e. The number of piperazine rings is 1. The summed E-state index contributed by atoms with van der Waals surface area (Å²) in [7, 11) is 2.13. The third-order valence-electron chi connectivity index (χ3n) is 4.43. The molecule has 3 heterocycles. The summed E-state index contributed by atoms with van der Waals surface area (Å²) in [6.45, 7) is 9.06. The molecule has 0 spiro atoms. The minimum atomic E-state index is 0.710. The minimum Gasteiger partial charge on any atom is -0.378 e. The highest BCUT2D eigenvalue weighted by molar-refractivity contribution is 5.63. The maximum absolute atomic E-state index is 9.52. The maximum Gasteiger partial charge on any atom is 0.149 e. The molecule has 0 amide bonds. The van der Waals surface area contributed by atoms with E-state index in [1.165, 1.54) is 0 Å². The maximum atomic E-state index is 9.52. The Balaban J connectivity index is 1.92. The molecule has 6 heteroatoms. The van der Waals surface area contributed by atoms with Gasteiger partial charge in [0.15, 0.2) is 0 Å². The lowest BCUT2D eigenvalue weighted by Gasteiger charge is -2.35. The monoisotopic (exact) mass is 301 g/mol. The van der Waals surface area contributed by atoms with E-state index in [4.69, 9.17) is 9.72 Å². The molecule has 1 aromatic heterocycles. The Morgan fingerprint density at radius 1 is 1.09 bits per heavy atom. The molecule has 6 nitrogen and oxygen atoms in total. The standard InChI is InChI=1S/C16H23N5O/c1-13-11-15(20-7-9-22-10-8-20)18-16(14(13)12-17)21-5-3-19(2)4-6-21/h11H,3-10H2,1-2H3. The second-order valence-corrected chi connectivity index (χ2v) is 6.00. The van der Waals surface area contributed by atoms with E-state index in [1.54, 1.807) is 0 Å². The number of nitrogens with zero attached hydrogens (tertiary/aromatic N) is 5. The van der Waals surface area contributed by atoms with Crippen LogP contribution in [0, 0.1) is 18.3 Å². The number of rotatable bonds is 2. The lowest BCUT2D eigenvalue weighted by atomic mass is 10.1. The average Bonchev–Trinajstić information content (AvgIpc) is 2.55. The molecule has 2 fully saturated rings. The van der Waals surface area contributed by atoms with Gasteiger partial charge in [-0.1, -0.05) is 0 Å². The van der Waals surface area contributed by atoms with Crippen molar-refractivity contribution in [2.75, 3.05) is 69.3 Å². The normalized spacial score (nSPS) is 20.0. The fraction of sp³-hybridized carbons (Fsp3) is 0.625. The summed E-state index contributed by atoms with van der Waals surface area (Å²) in [6.07, 6.45) is 0. The van der Waals surface area contributed by atoms with Gasteiger partial charge in [0.2, 0.25) is 0 Å². The molecule has 0 bridgehead atoms. The molecule has 2 aliphatic heterocycles. The second kappa shape index (κ2) is 6.51. The number of ether oxygens (including phenoxy) is 1. The molecule has 118 valence electrons. The molecule has 0 N–H and O–H groups in total. The van der Waals surface area contributed by atoms with Crippen molar-refractivity contribution >= 4 is 11.6 Å². The molecule has 1 aromatic rings. The first-order chi connectivity index (χ1) is 10.7. The van der Waals surface area contributed by atoms with Crippen LogP contribution in [-0.2, 0) is 4.74 Å². The summed E-state index contributed by atoms with van der Waals surface area (Å²) in [4.78, 5) is 11.6. The summed E-state index contributed by atoms with van der Waals surface area (Å²) in [5.41, 5.74) is 1.72. The van der Waals surface area contributed by atoms with Gasteiger partial charge in [0, 0.05) is 39.3 Å². The number of hydrogen-bond acceptors (Lipinski definition) is 6. The summed E-state index contributed by atoms with van der Waals surface area (Å²) >= 11 is 0. The molecular formula is C16H23N5O.